The fourth-order valence-corrected chi connectivity index (χ4v) is 3.17. The Balaban J connectivity index is 1.56. The molecule has 0 bridgehead atoms. The van der Waals surface area contributed by atoms with Crippen LogP contribution in [0.2, 0.25) is 10.0 Å². The second-order valence-corrected chi connectivity index (χ2v) is 7.23. The molecular weight excluding hydrogens is 443 g/mol. The van der Waals surface area contributed by atoms with E-state index in [1.54, 1.807) is 30.3 Å². The molecule has 1 heterocycles. The Labute approximate surface area is 189 Å². The van der Waals surface area contributed by atoms with Gasteiger partial charge in [-0.25, -0.2) is 0 Å². The first-order valence-corrected chi connectivity index (χ1v) is 10.2. The van der Waals surface area contributed by atoms with Crippen molar-refractivity contribution < 1.29 is 13.9 Å². The van der Waals surface area contributed by atoms with Crippen LogP contribution in [0.3, 0.4) is 0 Å². The summed E-state index contributed by atoms with van der Waals surface area (Å²) in [7, 11) is 0. The largest absolute Gasteiger partial charge is 0.494 e. The van der Waals surface area contributed by atoms with E-state index in [0.717, 1.165) is 11.4 Å². The average molecular weight is 461 g/mol. The van der Waals surface area contributed by atoms with E-state index in [1.165, 1.54) is 12.2 Å². The predicted octanol–water partition coefficient (Wildman–Crippen LogP) is 6.18. The molecule has 0 fully saturated rings. The van der Waals surface area contributed by atoms with Crippen LogP contribution in [0, 0.1) is 0 Å². The van der Waals surface area contributed by atoms with E-state index in [0.29, 0.717) is 33.7 Å². The van der Waals surface area contributed by atoms with Crippen LogP contribution >= 0.6 is 35.4 Å². The third-order valence-electron chi connectivity index (χ3n) is 3.90. The number of hydrogen-bond acceptors (Lipinski definition) is 4. The van der Waals surface area contributed by atoms with Gasteiger partial charge in [0.2, 0.25) is 5.91 Å². The topological polar surface area (TPSA) is 63.5 Å². The van der Waals surface area contributed by atoms with Crippen LogP contribution in [-0.2, 0) is 4.79 Å². The quantitative estimate of drug-likeness (QED) is 0.339. The smallest absolute Gasteiger partial charge is 0.250 e. The second kappa shape index (κ2) is 10.3. The molecule has 0 radical (unpaired) electrons. The molecule has 0 aliphatic carbocycles. The monoisotopic (exact) mass is 460 g/mol. The summed E-state index contributed by atoms with van der Waals surface area (Å²) in [6, 6.07) is 16.0. The number of nitrogens with one attached hydrogen (secondary N) is 2. The third-order valence-corrected chi connectivity index (χ3v) is 4.93. The van der Waals surface area contributed by atoms with Crippen LogP contribution in [0.5, 0.6) is 5.75 Å². The van der Waals surface area contributed by atoms with E-state index in [-0.39, 0.29) is 5.11 Å². The van der Waals surface area contributed by atoms with Gasteiger partial charge in [-0.05, 0) is 73.7 Å². The predicted molar refractivity (Wildman–Crippen MR) is 125 cm³/mol. The van der Waals surface area contributed by atoms with Crippen molar-refractivity contribution in [3.05, 3.63) is 76.5 Å². The van der Waals surface area contributed by atoms with Crippen molar-refractivity contribution in [2.24, 2.45) is 0 Å². The van der Waals surface area contributed by atoms with Crippen LogP contribution < -0.4 is 15.4 Å². The fraction of sp³-hybridized carbons (Fsp3) is 0.0909. The summed E-state index contributed by atoms with van der Waals surface area (Å²) in [6.07, 6.45) is 2.87. The lowest BCUT2D eigenvalue weighted by Crippen LogP contribution is -2.32. The minimum atomic E-state index is -0.392. The molecule has 0 saturated carbocycles. The Bertz CT molecular complexity index is 1080. The molecule has 3 rings (SSSR count). The van der Waals surface area contributed by atoms with Gasteiger partial charge >= 0.3 is 0 Å². The molecule has 3 aromatic rings. The van der Waals surface area contributed by atoms with Crippen molar-refractivity contribution in [3.8, 4) is 17.1 Å². The van der Waals surface area contributed by atoms with Crippen LogP contribution in [0.4, 0.5) is 5.69 Å². The van der Waals surface area contributed by atoms with E-state index in [1.807, 2.05) is 31.2 Å². The number of carbonyl (C=O) groups is 1. The molecule has 0 atom stereocenters. The van der Waals surface area contributed by atoms with Crippen molar-refractivity contribution in [3.63, 3.8) is 0 Å². The number of anilines is 1. The first-order chi connectivity index (χ1) is 14.5. The van der Waals surface area contributed by atoms with Gasteiger partial charge in [0.1, 0.15) is 17.3 Å². The van der Waals surface area contributed by atoms with Crippen LogP contribution in [0.25, 0.3) is 17.4 Å². The summed E-state index contributed by atoms with van der Waals surface area (Å²) in [6.45, 7) is 2.51. The molecule has 0 spiro atoms. The van der Waals surface area contributed by atoms with Gasteiger partial charge in [-0.3, -0.25) is 10.1 Å². The number of carbonyl (C=O) groups excluding carboxylic acids is 1. The zero-order valence-corrected chi connectivity index (χ0v) is 18.3. The first-order valence-electron chi connectivity index (χ1n) is 9.03. The SMILES string of the molecule is CCOc1ccc(NC(=S)NC(=O)C=Cc2ccc(-c3cccc(Cl)c3Cl)o2)cc1. The van der Waals surface area contributed by atoms with Crippen LogP contribution in [0.15, 0.2) is 65.1 Å². The summed E-state index contributed by atoms with van der Waals surface area (Å²) < 4.78 is 11.1. The Morgan fingerprint density at radius 2 is 1.90 bits per heavy atom. The minimum Gasteiger partial charge on any atom is -0.494 e. The minimum absolute atomic E-state index is 0.180. The lowest BCUT2D eigenvalue weighted by molar-refractivity contribution is -0.115. The Morgan fingerprint density at radius 1 is 1.13 bits per heavy atom. The maximum Gasteiger partial charge on any atom is 0.250 e. The van der Waals surface area contributed by atoms with Crippen molar-refractivity contribution in [2.45, 2.75) is 6.92 Å². The highest BCUT2D eigenvalue weighted by atomic mass is 35.5. The Kier molecular flexibility index (Phi) is 7.52. The summed E-state index contributed by atoms with van der Waals surface area (Å²) in [5.74, 6) is 1.41. The van der Waals surface area contributed by atoms with Crippen molar-refractivity contribution >= 4 is 58.2 Å². The normalized spacial score (nSPS) is 10.8. The summed E-state index contributed by atoms with van der Waals surface area (Å²) in [5.41, 5.74) is 1.41. The number of ether oxygens (including phenoxy) is 1. The van der Waals surface area contributed by atoms with Gasteiger partial charge in [-0.1, -0.05) is 29.3 Å². The lowest BCUT2D eigenvalue weighted by Gasteiger charge is -2.09. The Morgan fingerprint density at radius 3 is 2.63 bits per heavy atom. The second-order valence-electron chi connectivity index (χ2n) is 6.04. The van der Waals surface area contributed by atoms with Gasteiger partial charge < -0.3 is 14.5 Å². The van der Waals surface area contributed by atoms with E-state index < -0.39 is 5.91 Å². The molecule has 8 heteroatoms. The molecule has 0 unspecified atom stereocenters. The fourth-order valence-electron chi connectivity index (χ4n) is 2.56. The number of halogens is 2. The van der Waals surface area contributed by atoms with Gasteiger partial charge in [0.05, 0.1) is 16.7 Å². The Hall–Kier alpha value is -2.80. The van der Waals surface area contributed by atoms with Gasteiger partial charge in [0.15, 0.2) is 5.11 Å². The van der Waals surface area contributed by atoms with Gasteiger partial charge in [0.25, 0.3) is 0 Å². The number of rotatable bonds is 6. The van der Waals surface area contributed by atoms with Crippen molar-refractivity contribution in [1.82, 2.24) is 5.32 Å². The molecular formula is C22H18Cl2N2O3S. The summed E-state index contributed by atoms with van der Waals surface area (Å²) in [4.78, 5) is 12.1. The molecule has 5 nitrogen and oxygen atoms in total. The average Bonchev–Trinajstić information content (AvgIpc) is 3.19. The molecule has 2 aromatic carbocycles. The highest BCUT2D eigenvalue weighted by molar-refractivity contribution is 7.80. The van der Waals surface area contributed by atoms with Gasteiger partial charge in [-0.2, -0.15) is 0 Å². The third kappa shape index (κ3) is 5.86. The van der Waals surface area contributed by atoms with E-state index >= 15 is 0 Å². The first kappa shape index (κ1) is 21.9. The van der Waals surface area contributed by atoms with E-state index in [9.17, 15) is 4.79 Å². The standard InChI is InChI=1S/C22H18Cl2N2O3S/c1-2-28-15-8-6-14(7-9-15)25-22(30)26-20(27)13-11-16-10-12-19(29-16)17-4-3-5-18(23)21(17)24/h3-13H,2H2,1H3,(H2,25,26,27,30). The molecule has 0 saturated heterocycles. The molecule has 1 amide bonds. The maximum absolute atomic E-state index is 12.1. The van der Waals surface area contributed by atoms with E-state index in [4.69, 9.17) is 44.6 Å². The molecule has 1 aromatic heterocycles. The summed E-state index contributed by atoms with van der Waals surface area (Å²) in [5, 5.41) is 6.54. The number of furan rings is 1. The molecule has 154 valence electrons. The number of benzene rings is 2. The highest BCUT2D eigenvalue weighted by Gasteiger charge is 2.10. The van der Waals surface area contributed by atoms with Crippen molar-refractivity contribution in [2.75, 3.05) is 11.9 Å². The highest BCUT2D eigenvalue weighted by Crippen LogP contribution is 2.34. The lowest BCUT2D eigenvalue weighted by atomic mass is 10.2. The molecule has 0 aliphatic heterocycles. The van der Waals surface area contributed by atoms with Gasteiger partial charge in [0, 0.05) is 17.3 Å². The van der Waals surface area contributed by atoms with Gasteiger partial charge in [-0.15, -0.1) is 0 Å². The van der Waals surface area contributed by atoms with Crippen molar-refractivity contribution in [1.29, 1.82) is 0 Å². The van der Waals surface area contributed by atoms with E-state index in [2.05, 4.69) is 10.6 Å². The summed E-state index contributed by atoms with van der Waals surface area (Å²) >= 11 is 17.4. The number of thiocarbonyl (C=S) groups is 1. The van der Waals surface area contributed by atoms with Crippen LogP contribution in [0.1, 0.15) is 12.7 Å². The number of hydrogen-bond donors (Lipinski definition) is 2. The molecule has 2 N–H and O–H groups in total. The maximum atomic E-state index is 12.1. The number of amides is 1. The molecule has 30 heavy (non-hydrogen) atoms. The zero-order valence-electron chi connectivity index (χ0n) is 15.9. The molecule has 0 aliphatic rings. The zero-order chi connectivity index (χ0) is 21.5. The van der Waals surface area contributed by atoms with Crippen LogP contribution in [-0.4, -0.2) is 17.6 Å².